The lowest BCUT2D eigenvalue weighted by atomic mass is 10.2. The minimum atomic E-state index is -0.280. The molecular weight excluding hydrogens is 218 g/mol. The molecule has 0 atom stereocenters. The molecular formula is C11H11N5O. The summed E-state index contributed by atoms with van der Waals surface area (Å²) in [6.45, 7) is 0. The highest BCUT2D eigenvalue weighted by Gasteiger charge is 2.11. The van der Waals surface area contributed by atoms with Gasteiger partial charge in [-0.1, -0.05) is 0 Å². The molecule has 6 heteroatoms. The average Bonchev–Trinajstić information content (AvgIpc) is 2.40. The molecule has 2 rings (SSSR count). The van der Waals surface area contributed by atoms with Gasteiger partial charge in [-0.3, -0.25) is 9.78 Å². The molecule has 1 amide bonds. The number of carbonyl (C=O) groups excluding carboxylic acids is 1. The van der Waals surface area contributed by atoms with E-state index in [2.05, 4.69) is 20.7 Å². The number of nitrogens with two attached hydrogens (primary N) is 1. The van der Waals surface area contributed by atoms with E-state index in [1.165, 1.54) is 0 Å². The van der Waals surface area contributed by atoms with E-state index in [1.54, 1.807) is 42.9 Å². The predicted molar refractivity (Wildman–Crippen MR) is 64.2 cm³/mol. The Morgan fingerprint density at radius 2 is 1.94 bits per heavy atom. The van der Waals surface area contributed by atoms with Crippen molar-refractivity contribution < 1.29 is 4.79 Å². The monoisotopic (exact) mass is 229 g/mol. The number of pyridine rings is 2. The molecule has 0 spiro atoms. The van der Waals surface area contributed by atoms with Gasteiger partial charge in [-0.15, -0.1) is 0 Å². The van der Waals surface area contributed by atoms with Gasteiger partial charge in [-0.2, -0.15) is 0 Å². The Morgan fingerprint density at radius 3 is 2.65 bits per heavy atom. The smallest absolute Gasteiger partial charge is 0.259 e. The lowest BCUT2D eigenvalue weighted by Gasteiger charge is -2.08. The predicted octanol–water partition coefficient (Wildman–Crippen LogP) is 1.01. The lowest BCUT2D eigenvalue weighted by molar-refractivity contribution is 0.102. The van der Waals surface area contributed by atoms with Crippen molar-refractivity contribution in [2.24, 2.45) is 5.84 Å². The summed E-state index contributed by atoms with van der Waals surface area (Å²) in [6, 6.07) is 6.70. The molecule has 2 aromatic rings. The summed E-state index contributed by atoms with van der Waals surface area (Å²) < 4.78 is 0. The minimum absolute atomic E-state index is 0.280. The van der Waals surface area contributed by atoms with E-state index >= 15 is 0 Å². The Morgan fingerprint density at radius 1 is 1.18 bits per heavy atom. The second-order valence-corrected chi connectivity index (χ2v) is 3.23. The van der Waals surface area contributed by atoms with E-state index in [1.807, 2.05) is 0 Å². The van der Waals surface area contributed by atoms with Gasteiger partial charge < -0.3 is 10.7 Å². The number of carbonyl (C=O) groups is 1. The molecule has 0 aliphatic carbocycles. The minimum Gasteiger partial charge on any atom is -0.322 e. The Kier molecular flexibility index (Phi) is 3.27. The molecule has 2 aromatic heterocycles. The fraction of sp³-hybridized carbons (Fsp3) is 0. The van der Waals surface area contributed by atoms with Gasteiger partial charge in [0, 0.05) is 24.3 Å². The molecule has 4 N–H and O–H groups in total. The maximum atomic E-state index is 11.9. The van der Waals surface area contributed by atoms with Gasteiger partial charge in [0.15, 0.2) is 5.82 Å². The van der Waals surface area contributed by atoms with Crippen molar-refractivity contribution in [3.63, 3.8) is 0 Å². The number of hydrogen-bond donors (Lipinski definition) is 3. The second kappa shape index (κ2) is 5.04. The molecule has 0 fully saturated rings. The van der Waals surface area contributed by atoms with Gasteiger partial charge in [0.2, 0.25) is 0 Å². The third-order valence-corrected chi connectivity index (χ3v) is 2.13. The number of hydrazine groups is 1. The van der Waals surface area contributed by atoms with Crippen molar-refractivity contribution in [1.29, 1.82) is 0 Å². The van der Waals surface area contributed by atoms with Gasteiger partial charge >= 0.3 is 0 Å². The van der Waals surface area contributed by atoms with Crippen LogP contribution in [-0.4, -0.2) is 15.9 Å². The molecule has 0 aliphatic heterocycles. The van der Waals surface area contributed by atoms with E-state index in [0.29, 0.717) is 17.1 Å². The molecule has 0 aromatic carbocycles. The maximum absolute atomic E-state index is 11.9. The normalized spacial score (nSPS) is 9.71. The van der Waals surface area contributed by atoms with Crippen molar-refractivity contribution in [3.8, 4) is 0 Å². The number of anilines is 2. The molecule has 0 aliphatic rings. The van der Waals surface area contributed by atoms with Crippen LogP contribution in [0.25, 0.3) is 0 Å². The number of rotatable bonds is 3. The van der Waals surface area contributed by atoms with Gasteiger partial charge in [0.1, 0.15) is 0 Å². The summed E-state index contributed by atoms with van der Waals surface area (Å²) >= 11 is 0. The fourth-order valence-electron chi connectivity index (χ4n) is 1.34. The molecule has 86 valence electrons. The van der Waals surface area contributed by atoms with Crippen LogP contribution in [0.4, 0.5) is 11.5 Å². The molecule has 0 bridgehead atoms. The van der Waals surface area contributed by atoms with Crippen LogP contribution >= 0.6 is 0 Å². The number of nitrogens with one attached hydrogen (secondary N) is 2. The molecule has 0 unspecified atom stereocenters. The van der Waals surface area contributed by atoms with Crippen LogP contribution in [-0.2, 0) is 0 Å². The largest absolute Gasteiger partial charge is 0.322 e. The Labute approximate surface area is 97.9 Å². The summed E-state index contributed by atoms with van der Waals surface area (Å²) in [4.78, 5) is 19.7. The average molecular weight is 229 g/mol. The molecule has 0 saturated heterocycles. The third kappa shape index (κ3) is 2.56. The first-order valence-electron chi connectivity index (χ1n) is 4.94. The van der Waals surface area contributed by atoms with Crippen LogP contribution in [0.2, 0.25) is 0 Å². The number of amides is 1. The summed E-state index contributed by atoms with van der Waals surface area (Å²) in [5.74, 6) is 5.33. The molecule has 17 heavy (non-hydrogen) atoms. The van der Waals surface area contributed by atoms with Gasteiger partial charge in [-0.25, -0.2) is 10.8 Å². The zero-order valence-electron chi connectivity index (χ0n) is 8.92. The highest BCUT2D eigenvalue weighted by atomic mass is 16.1. The summed E-state index contributed by atoms with van der Waals surface area (Å²) in [5.41, 5.74) is 3.42. The summed E-state index contributed by atoms with van der Waals surface area (Å²) in [7, 11) is 0. The van der Waals surface area contributed by atoms with Gasteiger partial charge in [-0.05, 0) is 24.3 Å². The van der Waals surface area contributed by atoms with E-state index in [-0.39, 0.29) is 5.91 Å². The quantitative estimate of drug-likeness (QED) is 0.539. The van der Waals surface area contributed by atoms with Crippen molar-refractivity contribution in [2.75, 3.05) is 10.7 Å². The van der Waals surface area contributed by atoms with Crippen LogP contribution in [0.5, 0.6) is 0 Å². The van der Waals surface area contributed by atoms with Crippen molar-refractivity contribution in [2.45, 2.75) is 0 Å². The fourth-order valence-corrected chi connectivity index (χ4v) is 1.34. The maximum Gasteiger partial charge on any atom is 0.259 e. The first-order chi connectivity index (χ1) is 8.31. The molecule has 0 radical (unpaired) electrons. The molecule has 2 heterocycles. The third-order valence-electron chi connectivity index (χ3n) is 2.13. The van der Waals surface area contributed by atoms with Crippen LogP contribution in [0, 0.1) is 0 Å². The zero-order chi connectivity index (χ0) is 12.1. The van der Waals surface area contributed by atoms with E-state index in [4.69, 9.17) is 5.84 Å². The van der Waals surface area contributed by atoms with Crippen LogP contribution < -0.4 is 16.6 Å². The standard InChI is InChI=1S/C11H11N5O/c12-16-10-9(2-1-5-14-10)11(17)15-8-3-6-13-7-4-8/h1-7H,12H2,(H,14,16)(H,13,15,17). The second-order valence-electron chi connectivity index (χ2n) is 3.23. The van der Waals surface area contributed by atoms with Crippen LogP contribution in [0.1, 0.15) is 10.4 Å². The first kappa shape index (κ1) is 11.0. The van der Waals surface area contributed by atoms with Crippen molar-refractivity contribution in [1.82, 2.24) is 9.97 Å². The topological polar surface area (TPSA) is 92.9 Å². The summed E-state index contributed by atoms with van der Waals surface area (Å²) in [6.07, 6.45) is 4.75. The number of nitrogens with zero attached hydrogens (tertiary/aromatic N) is 2. The van der Waals surface area contributed by atoms with E-state index in [9.17, 15) is 4.79 Å². The lowest BCUT2D eigenvalue weighted by Crippen LogP contribution is -2.18. The Bertz CT molecular complexity index is 514. The molecule has 6 nitrogen and oxygen atoms in total. The van der Waals surface area contributed by atoms with E-state index < -0.39 is 0 Å². The number of aromatic nitrogens is 2. The van der Waals surface area contributed by atoms with Crippen molar-refractivity contribution >= 4 is 17.4 Å². The highest BCUT2D eigenvalue weighted by Crippen LogP contribution is 2.13. The number of nitrogen functional groups attached to an aromatic ring is 1. The highest BCUT2D eigenvalue weighted by molar-refractivity contribution is 6.07. The van der Waals surface area contributed by atoms with Crippen LogP contribution in [0.3, 0.4) is 0 Å². The van der Waals surface area contributed by atoms with Gasteiger partial charge in [0.25, 0.3) is 5.91 Å². The van der Waals surface area contributed by atoms with Gasteiger partial charge in [0.05, 0.1) is 5.56 Å². The summed E-state index contributed by atoms with van der Waals surface area (Å²) in [5, 5.41) is 2.72. The van der Waals surface area contributed by atoms with E-state index in [0.717, 1.165) is 0 Å². The Hall–Kier alpha value is -2.47. The molecule has 0 saturated carbocycles. The van der Waals surface area contributed by atoms with Crippen molar-refractivity contribution in [3.05, 3.63) is 48.4 Å². The number of hydrogen-bond acceptors (Lipinski definition) is 5. The SMILES string of the molecule is NNc1ncccc1C(=O)Nc1ccncc1. The van der Waals surface area contributed by atoms with Crippen LogP contribution in [0.15, 0.2) is 42.9 Å². The first-order valence-corrected chi connectivity index (χ1v) is 4.94. The zero-order valence-corrected chi connectivity index (χ0v) is 8.92. The Balaban J connectivity index is 2.20.